The molecule has 1 fully saturated rings. The van der Waals surface area contributed by atoms with E-state index in [2.05, 4.69) is 4.98 Å². The lowest BCUT2D eigenvalue weighted by molar-refractivity contribution is 0.548. The summed E-state index contributed by atoms with van der Waals surface area (Å²) in [6.45, 7) is 0.882. The van der Waals surface area contributed by atoms with Crippen molar-refractivity contribution >= 4 is 16.8 Å². The van der Waals surface area contributed by atoms with Crippen molar-refractivity contribution in [3.05, 3.63) is 81.1 Å². The summed E-state index contributed by atoms with van der Waals surface area (Å²) in [5, 5.41) is 0. The normalized spacial score (nSPS) is 14.3. The van der Waals surface area contributed by atoms with E-state index in [9.17, 15) is 9.59 Å². The molecule has 6 heteroatoms. The van der Waals surface area contributed by atoms with Crippen LogP contribution >= 0.6 is 0 Å². The first-order valence-electron chi connectivity index (χ1n) is 8.87. The SMILES string of the molecule is O=c1c2c(nc3ccccn32)n(Cc2ccccc2)c(=O)n1CC1CC1. The summed E-state index contributed by atoms with van der Waals surface area (Å²) in [5.41, 5.74) is 2.06. The molecule has 3 heterocycles. The number of imidazole rings is 1. The summed E-state index contributed by atoms with van der Waals surface area (Å²) in [5.74, 6) is 0.433. The second-order valence-electron chi connectivity index (χ2n) is 6.93. The number of hydrogen-bond donors (Lipinski definition) is 0. The predicted molar refractivity (Wildman–Crippen MR) is 99.5 cm³/mol. The molecule has 0 N–H and O–H groups in total. The van der Waals surface area contributed by atoms with Gasteiger partial charge in [-0.2, -0.15) is 0 Å². The molecule has 26 heavy (non-hydrogen) atoms. The molecule has 130 valence electrons. The van der Waals surface area contributed by atoms with Crippen LogP contribution in [0.25, 0.3) is 16.8 Å². The Kier molecular flexibility index (Phi) is 3.31. The van der Waals surface area contributed by atoms with Crippen molar-refractivity contribution in [2.75, 3.05) is 0 Å². The number of hydrogen-bond acceptors (Lipinski definition) is 3. The lowest BCUT2D eigenvalue weighted by Gasteiger charge is -2.11. The van der Waals surface area contributed by atoms with Gasteiger partial charge >= 0.3 is 5.69 Å². The molecule has 0 atom stereocenters. The minimum Gasteiger partial charge on any atom is -0.294 e. The van der Waals surface area contributed by atoms with Gasteiger partial charge < -0.3 is 0 Å². The molecule has 6 nitrogen and oxygen atoms in total. The Morgan fingerprint density at radius 2 is 1.73 bits per heavy atom. The van der Waals surface area contributed by atoms with Crippen molar-refractivity contribution < 1.29 is 0 Å². The van der Waals surface area contributed by atoms with Crippen LogP contribution in [-0.2, 0) is 13.1 Å². The number of fused-ring (bicyclic) bond motifs is 3. The van der Waals surface area contributed by atoms with Crippen LogP contribution in [0.5, 0.6) is 0 Å². The minimum atomic E-state index is -0.276. The van der Waals surface area contributed by atoms with E-state index >= 15 is 0 Å². The third kappa shape index (κ3) is 2.37. The van der Waals surface area contributed by atoms with Crippen molar-refractivity contribution in [2.45, 2.75) is 25.9 Å². The number of benzene rings is 1. The Morgan fingerprint density at radius 3 is 2.50 bits per heavy atom. The zero-order valence-electron chi connectivity index (χ0n) is 14.2. The van der Waals surface area contributed by atoms with Crippen molar-refractivity contribution in [1.29, 1.82) is 0 Å². The molecule has 4 aromatic rings. The molecule has 1 saturated carbocycles. The second kappa shape index (κ2) is 5.69. The first-order valence-corrected chi connectivity index (χ1v) is 8.87. The van der Waals surface area contributed by atoms with E-state index < -0.39 is 0 Å². The molecule has 1 aliphatic rings. The van der Waals surface area contributed by atoms with Crippen molar-refractivity contribution in [1.82, 2.24) is 18.5 Å². The van der Waals surface area contributed by atoms with Crippen LogP contribution in [0, 0.1) is 5.92 Å². The van der Waals surface area contributed by atoms with Crippen LogP contribution in [0.1, 0.15) is 18.4 Å². The van der Waals surface area contributed by atoms with Crippen molar-refractivity contribution in [3.8, 4) is 0 Å². The van der Waals surface area contributed by atoms with E-state index in [0.717, 1.165) is 18.4 Å². The van der Waals surface area contributed by atoms with Gasteiger partial charge in [-0.15, -0.1) is 0 Å². The molecule has 3 aromatic heterocycles. The van der Waals surface area contributed by atoms with E-state index in [1.165, 1.54) is 4.57 Å². The summed E-state index contributed by atoms with van der Waals surface area (Å²) in [7, 11) is 0. The van der Waals surface area contributed by atoms with Crippen molar-refractivity contribution in [2.24, 2.45) is 5.92 Å². The number of nitrogens with zero attached hydrogens (tertiary/aromatic N) is 4. The number of rotatable bonds is 4. The monoisotopic (exact) mass is 346 g/mol. The average Bonchev–Trinajstić information content (AvgIpc) is 3.40. The molecule has 1 aromatic carbocycles. The van der Waals surface area contributed by atoms with Crippen LogP contribution in [0.15, 0.2) is 64.3 Å². The highest BCUT2D eigenvalue weighted by molar-refractivity contribution is 5.76. The van der Waals surface area contributed by atoms with E-state index in [1.54, 1.807) is 8.97 Å². The molecule has 0 bridgehead atoms. The molecular formula is C20H18N4O2. The largest absolute Gasteiger partial charge is 0.333 e. The van der Waals surface area contributed by atoms with Gasteiger partial charge in [0, 0.05) is 12.7 Å². The lowest BCUT2D eigenvalue weighted by Crippen LogP contribution is -2.41. The summed E-state index contributed by atoms with van der Waals surface area (Å²) in [4.78, 5) is 30.8. The molecule has 0 radical (unpaired) electrons. The molecule has 5 rings (SSSR count). The van der Waals surface area contributed by atoms with Gasteiger partial charge in [0.1, 0.15) is 5.65 Å². The van der Waals surface area contributed by atoms with Gasteiger partial charge in [-0.05, 0) is 36.5 Å². The third-order valence-electron chi connectivity index (χ3n) is 5.00. The summed E-state index contributed by atoms with van der Waals surface area (Å²) < 4.78 is 4.80. The molecule has 0 amide bonds. The maximum atomic E-state index is 13.1. The van der Waals surface area contributed by atoms with Crippen LogP contribution in [0.4, 0.5) is 0 Å². The predicted octanol–water partition coefficient (Wildman–Crippen LogP) is 2.27. The number of aromatic nitrogens is 4. The van der Waals surface area contributed by atoms with Gasteiger partial charge in [0.05, 0.1) is 6.54 Å². The Hall–Kier alpha value is -3.15. The summed E-state index contributed by atoms with van der Waals surface area (Å²) in [6, 6.07) is 15.4. The zero-order chi connectivity index (χ0) is 17.7. The quantitative estimate of drug-likeness (QED) is 0.569. The smallest absolute Gasteiger partial charge is 0.294 e. The number of pyridine rings is 1. The Morgan fingerprint density at radius 1 is 0.962 bits per heavy atom. The standard InChI is InChI=1S/C20H18N4O2/c25-19-17-18(21-16-8-4-5-11-22(16)17)23(12-14-6-2-1-3-7-14)20(26)24(19)13-15-9-10-15/h1-8,11,15H,9-10,12-13H2. The highest BCUT2D eigenvalue weighted by atomic mass is 16.2. The van der Waals surface area contributed by atoms with E-state index in [-0.39, 0.29) is 11.2 Å². The van der Waals surface area contributed by atoms with Crippen LogP contribution < -0.4 is 11.2 Å². The average molecular weight is 346 g/mol. The molecule has 0 saturated heterocycles. The van der Waals surface area contributed by atoms with Crippen molar-refractivity contribution in [3.63, 3.8) is 0 Å². The summed E-state index contributed by atoms with van der Waals surface area (Å²) in [6.07, 6.45) is 3.98. The topological polar surface area (TPSA) is 61.3 Å². The van der Waals surface area contributed by atoms with Gasteiger partial charge in [0.15, 0.2) is 11.2 Å². The van der Waals surface area contributed by atoms with Gasteiger partial charge in [-0.1, -0.05) is 36.4 Å². The second-order valence-corrected chi connectivity index (χ2v) is 6.93. The minimum absolute atomic E-state index is 0.250. The Bertz CT molecular complexity index is 1230. The Labute approximate surface area is 149 Å². The molecule has 0 aliphatic heterocycles. The van der Waals surface area contributed by atoms with Gasteiger partial charge in [0.25, 0.3) is 5.56 Å². The fourth-order valence-corrected chi connectivity index (χ4v) is 3.45. The first kappa shape index (κ1) is 15.1. The fraction of sp³-hybridized carbons (Fsp3) is 0.250. The fourth-order valence-electron chi connectivity index (χ4n) is 3.45. The maximum Gasteiger partial charge on any atom is 0.333 e. The summed E-state index contributed by atoms with van der Waals surface area (Å²) >= 11 is 0. The molecule has 0 spiro atoms. The van der Waals surface area contributed by atoms with Crippen LogP contribution in [0.2, 0.25) is 0 Å². The van der Waals surface area contributed by atoms with Crippen LogP contribution in [0.3, 0.4) is 0 Å². The van der Waals surface area contributed by atoms with Gasteiger partial charge in [-0.3, -0.25) is 18.3 Å². The van der Waals surface area contributed by atoms with Crippen LogP contribution in [-0.4, -0.2) is 18.5 Å². The highest BCUT2D eigenvalue weighted by Gasteiger charge is 2.26. The Balaban J connectivity index is 1.83. The van der Waals surface area contributed by atoms with Gasteiger partial charge in [0.2, 0.25) is 0 Å². The van der Waals surface area contributed by atoms with Gasteiger partial charge in [-0.25, -0.2) is 9.78 Å². The maximum absolute atomic E-state index is 13.1. The highest BCUT2D eigenvalue weighted by Crippen LogP contribution is 2.29. The van der Waals surface area contributed by atoms with E-state index in [4.69, 9.17) is 0 Å². The molecule has 0 unspecified atom stereocenters. The lowest BCUT2D eigenvalue weighted by atomic mass is 10.2. The molecule has 1 aliphatic carbocycles. The van der Waals surface area contributed by atoms with E-state index in [1.807, 2.05) is 54.7 Å². The zero-order valence-corrected chi connectivity index (χ0v) is 14.2. The third-order valence-corrected chi connectivity index (χ3v) is 5.00. The molecular weight excluding hydrogens is 328 g/mol. The first-order chi connectivity index (χ1) is 12.7. The van der Waals surface area contributed by atoms with E-state index in [0.29, 0.717) is 35.8 Å².